The average Bonchev–Trinajstić information content (AvgIpc) is 2.69. The van der Waals surface area contributed by atoms with Gasteiger partial charge in [0.1, 0.15) is 17.6 Å². The van der Waals surface area contributed by atoms with Gasteiger partial charge in [-0.2, -0.15) is 0 Å². The summed E-state index contributed by atoms with van der Waals surface area (Å²) in [5, 5.41) is 18.4. The van der Waals surface area contributed by atoms with E-state index in [1.807, 2.05) is 6.07 Å². The zero-order valence-corrected chi connectivity index (χ0v) is 18.0. The maximum absolute atomic E-state index is 9.48. The van der Waals surface area contributed by atoms with Crippen molar-refractivity contribution < 1.29 is 24.4 Å². The number of hydrogen-bond acceptors (Lipinski definition) is 6. The Balaban J connectivity index is 2.04. The van der Waals surface area contributed by atoms with E-state index in [0.29, 0.717) is 6.04 Å². The number of hydrogen-bond donors (Lipinski definition) is 2. The van der Waals surface area contributed by atoms with Gasteiger partial charge in [0.15, 0.2) is 0 Å². The smallest absolute Gasteiger partial charge is 0.122 e. The second-order valence-corrected chi connectivity index (χ2v) is 8.62. The number of ether oxygens (including phenoxy) is 3. The summed E-state index contributed by atoms with van der Waals surface area (Å²) in [4.78, 5) is 2.56. The Bertz CT molecular complexity index is 571. The highest BCUT2D eigenvalue weighted by Crippen LogP contribution is 2.32. The highest BCUT2D eigenvalue weighted by molar-refractivity contribution is 5.38. The standard InChI is InChI=1S/C22H37NO5/c1-22(2,3)23(13-16-10-20(26-4)12-21(11-16)27-5)17-6-8-19(9-7-17)28-15-18(25)14-24/h10-12,17-19,24-25H,6-9,13-15H2,1-5H3. The molecule has 0 aromatic heterocycles. The van der Waals surface area contributed by atoms with Gasteiger partial charge < -0.3 is 24.4 Å². The van der Waals surface area contributed by atoms with Gasteiger partial charge in [0, 0.05) is 24.2 Å². The summed E-state index contributed by atoms with van der Waals surface area (Å²) in [6.45, 7) is 7.55. The Morgan fingerprint density at radius 1 is 1.04 bits per heavy atom. The second kappa shape index (κ2) is 10.4. The molecule has 2 N–H and O–H groups in total. The molecule has 1 fully saturated rings. The third kappa shape index (κ3) is 6.62. The molecule has 1 saturated carbocycles. The van der Waals surface area contributed by atoms with E-state index in [2.05, 4.69) is 37.8 Å². The molecule has 0 bridgehead atoms. The van der Waals surface area contributed by atoms with Gasteiger partial charge in [0.25, 0.3) is 0 Å². The molecule has 28 heavy (non-hydrogen) atoms. The highest BCUT2D eigenvalue weighted by Gasteiger charge is 2.32. The molecule has 1 aliphatic carbocycles. The monoisotopic (exact) mass is 395 g/mol. The molecule has 0 radical (unpaired) electrons. The van der Waals surface area contributed by atoms with Crippen molar-refractivity contribution in [1.82, 2.24) is 4.90 Å². The normalized spacial score (nSPS) is 21.6. The predicted octanol–water partition coefficient (Wildman–Crippen LogP) is 2.99. The van der Waals surface area contributed by atoms with E-state index < -0.39 is 6.10 Å². The number of rotatable bonds is 9. The molecule has 0 amide bonds. The van der Waals surface area contributed by atoms with Crippen LogP contribution in [0.4, 0.5) is 0 Å². The Hall–Kier alpha value is -1.34. The van der Waals surface area contributed by atoms with E-state index in [4.69, 9.17) is 19.3 Å². The summed E-state index contributed by atoms with van der Waals surface area (Å²) < 4.78 is 16.6. The quantitative estimate of drug-likeness (QED) is 0.670. The van der Waals surface area contributed by atoms with Gasteiger partial charge in [-0.3, -0.25) is 4.90 Å². The van der Waals surface area contributed by atoms with Crippen LogP contribution in [-0.4, -0.2) is 66.3 Å². The number of aliphatic hydroxyl groups is 2. The Labute approximate surface area is 169 Å². The van der Waals surface area contributed by atoms with Crippen LogP contribution < -0.4 is 9.47 Å². The molecule has 0 aliphatic heterocycles. The molecular weight excluding hydrogens is 358 g/mol. The third-order valence-corrected chi connectivity index (χ3v) is 5.45. The van der Waals surface area contributed by atoms with E-state index in [1.165, 1.54) is 5.56 Å². The molecule has 0 heterocycles. The number of benzene rings is 1. The minimum absolute atomic E-state index is 0.0295. The van der Waals surface area contributed by atoms with Crippen LogP contribution in [0.25, 0.3) is 0 Å². The van der Waals surface area contributed by atoms with E-state index >= 15 is 0 Å². The summed E-state index contributed by atoms with van der Waals surface area (Å²) in [6, 6.07) is 6.52. The first-order valence-electron chi connectivity index (χ1n) is 10.2. The van der Waals surface area contributed by atoms with Gasteiger partial charge in [0.2, 0.25) is 0 Å². The van der Waals surface area contributed by atoms with Crippen molar-refractivity contribution in [2.24, 2.45) is 0 Å². The fraction of sp³-hybridized carbons (Fsp3) is 0.727. The fourth-order valence-electron chi connectivity index (χ4n) is 3.89. The van der Waals surface area contributed by atoms with Crippen molar-refractivity contribution in [3.05, 3.63) is 23.8 Å². The maximum atomic E-state index is 9.48. The van der Waals surface area contributed by atoms with E-state index in [9.17, 15) is 5.11 Å². The molecule has 160 valence electrons. The molecule has 2 rings (SSSR count). The summed E-state index contributed by atoms with van der Waals surface area (Å²) in [5.41, 5.74) is 1.21. The van der Waals surface area contributed by atoms with Crippen molar-refractivity contribution in [3.8, 4) is 11.5 Å². The summed E-state index contributed by atoms with van der Waals surface area (Å²) in [7, 11) is 3.35. The summed E-state index contributed by atoms with van der Waals surface area (Å²) >= 11 is 0. The lowest BCUT2D eigenvalue weighted by Gasteiger charge is -2.44. The maximum Gasteiger partial charge on any atom is 0.122 e. The molecule has 1 unspecified atom stereocenters. The van der Waals surface area contributed by atoms with Gasteiger partial charge in [-0.15, -0.1) is 0 Å². The van der Waals surface area contributed by atoms with Gasteiger partial charge in [0.05, 0.1) is 33.5 Å². The molecule has 1 aromatic rings. The molecule has 1 atom stereocenters. The minimum atomic E-state index is -0.785. The van der Waals surface area contributed by atoms with Crippen LogP contribution in [0.1, 0.15) is 52.0 Å². The average molecular weight is 396 g/mol. The lowest BCUT2D eigenvalue weighted by Crippen LogP contribution is -2.49. The zero-order chi connectivity index (χ0) is 20.7. The number of nitrogens with zero attached hydrogens (tertiary/aromatic N) is 1. The van der Waals surface area contributed by atoms with Gasteiger partial charge in [-0.25, -0.2) is 0 Å². The van der Waals surface area contributed by atoms with Crippen molar-refractivity contribution in [3.63, 3.8) is 0 Å². The Morgan fingerprint density at radius 2 is 1.61 bits per heavy atom. The second-order valence-electron chi connectivity index (χ2n) is 8.62. The predicted molar refractivity (Wildman–Crippen MR) is 110 cm³/mol. The van der Waals surface area contributed by atoms with Crippen LogP contribution in [-0.2, 0) is 11.3 Å². The van der Waals surface area contributed by atoms with E-state index in [-0.39, 0.29) is 24.9 Å². The van der Waals surface area contributed by atoms with Crippen LogP contribution >= 0.6 is 0 Å². The first kappa shape index (κ1) is 22.9. The van der Waals surface area contributed by atoms with E-state index in [0.717, 1.165) is 43.7 Å². The van der Waals surface area contributed by atoms with Gasteiger partial charge >= 0.3 is 0 Å². The lowest BCUT2D eigenvalue weighted by molar-refractivity contribution is -0.0542. The molecule has 6 heteroatoms. The molecular formula is C22H37NO5. The topological polar surface area (TPSA) is 71.4 Å². The van der Waals surface area contributed by atoms with Gasteiger partial charge in [-0.1, -0.05) is 0 Å². The van der Waals surface area contributed by atoms with Crippen LogP contribution in [0.3, 0.4) is 0 Å². The van der Waals surface area contributed by atoms with Crippen LogP contribution in [0.15, 0.2) is 18.2 Å². The van der Waals surface area contributed by atoms with Gasteiger partial charge in [-0.05, 0) is 64.2 Å². The molecule has 6 nitrogen and oxygen atoms in total. The van der Waals surface area contributed by atoms with E-state index in [1.54, 1.807) is 14.2 Å². The molecule has 1 aliphatic rings. The molecule has 0 saturated heterocycles. The molecule has 1 aromatic carbocycles. The first-order chi connectivity index (χ1) is 13.3. The van der Waals surface area contributed by atoms with Crippen molar-refractivity contribution in [1.29, 1.82) is 0 Å². The van der Waals surface area contributed by atoms with Crippen molar-refractivity contribution in [2.45, 2.75) is 76.8 Å². The minimum Gasteiger partial charge on any atom is -0.497 e. The SMILES string of the molecule is COc1cc(CN(C2CCC(OCC(O)CO)CC2)C(C)(C)C)cc(OC)c1. The summed E-state index contributed by atoms with van der Waals surface area (Å²) in [6.07, 6.45) is 3.42. The molecule has 0 spiro atoms. The van der Waals surface area contributed by atoms with Crippen molar-refractivity contribution in [2.75, 3.05) is 27.4 Å². The highest BCUT2D eigenvalue weighted by atomic mass is 16.5. The van der Waals surface area contributed by atoms with Crippen molar-refractivity contribution >= 4 is 0 Å². The number of aliphatic hydroxyl groups excluding tert-OH is 2. The third-order valence-electron chi connectivity index (χ3n) is 5.45. The Morgan fingerprint density at radius 3 is 2.07 bits per heavy atom. The zero-order valence-electron chi connectivity index (χ0n) is 18.0. The van der Waals surface area contributed by atoms with Crippen LogP contribution in [0.2, 0.25) is 0 Å². The Kier molecular flexibility index (Phi) is 8.56. The largest absolute Gasteiger partial charge is 0.497 e. The lowest BCUT2D eigenvalue weighted by atomic mass is 9.88. The van der Waals surface area contributed by atoms with Crippen LogP contribution in [0.5, 0.6) is 11.5 Å². The van der Waals surface area contributed by atoms with Crippen LogP contribution in [0, 0.1) is 0 Å². The summed E-state index contributed by atoms with van der Waals surface area (Å²) in [5.74, 6) is 1.62. The number of methoxy groups -OCH3 is 2. The first-order valence-corrected chi connectivity index (χ1v) is 10.2. The fourth-order valence-corrected chi connectivity index (χ4v) is 3.89.